The van der Waals surface area contributed by atoms with Crippen LogP contribution in [-0.2, 0) is 4.79 Å². The lowest BCUT2D eigenvalue weighted by molar-refractivity contribution is -0.127. The van der Waals surface area contributed by atoms with Crippen LogP contribution in [0.15, 0.2) is 0 Å². The maximum Gasteiger partial charge on any atom is 0.223 e. The van der Waals surface area contributed by atoms with Gasteiger partial charge in [0.1, 0.15) is 0 Å². The fraction of sp³-hybridized carbons (Fsp3) is 0.929. The summed E-state index contributed by atoms with van der Waals surface area (Å²) in [7, 11) is 0. The molecule has 2 nitrogen and oxygen atoms in total. The van der Waals surface area contributed by atoms with Crippen molar-refractivity contribution in [3.05, 3.63) is 0 Å². The topological polar surface area (TPSA) is 29.1 Å². The largest absolute Gasteiger partial charge is 0.353 e. The Kier molecular flexibility index (Phi) is 6.53. The van der Waals surface area contributed by atoms with Crippen LogP contribution in [0, 0.1) is 17.8 Å². The highest BCUT2D eigenvalue weighted by Crippen LogP contribution is 2.28. The Morgan fingerprint density at radius 1 is 1.29 bits per heavy atom. The van der Waals surface area contributed by atoms with Crippen LogP contribution in [0.2, 0.25) is 0 Å². The maximum absolute atomic E-state index is 12.2. The zero-order valence-electron chi connectivity index (χ0n) is 11.3. The molecule has 1 unspecified atom stereocenters. The van der Waals surface area contributed by atoms with Crippen LogP contribution < -0.4 is 5.32 Å². The second kappa shape index (κ2) is 7.40. The van der Waals surface area contributed by atoms with Gasteiger partial charge in [0, 0.05) is 17.3 Å². The second-order valence-electron chi connectivity index (χ2n) is 5.79. The van der Waals surface area contributed by atoms with Crippen LogP contribution in [0.5, 0.6) is 0 Å². The minimum absolute atomic E-state index is 0.266. The van der Waals surface area contributed by atoms with Crippen LogP contribution >= 0.6 is 15.9 Å². The molecule has 1 aliphatic carbocycles. The Morgan fingerprint density at radius 2 is 1.88 bits per heavy atom. The molecule has 0 radical (unpaired) electrons. The molecule has 1 aliphatic rings. The first kappa shape index (κ1) is 15.0. The Morgan fingerprint density at radius 3 is 2.35 bits per heavy atom. The summed E-state index contributed by atoms with van der Waals surface area (Å²) in [6.07, 6.45) is 5.59. The summed E-state index contributed by atoms with van der Waals surface area (Å²) in [5.41, 5.74) is 0. The van der Waals surface area contributed by atoms with E-state index in [9.17, 15) is 4.79 Å². The molecule has 3 heteroatoms. The lowest BCUT2D eigenvalue weighted by atomic mass is 9.82. The van der Waals surface area contributed by atoms with E-state index >= 15 is 0 Å². The number of alkyl halides is 1. The van der Waals surface area contributed by atoms with Gasteiger partial charge in [0.15, 0.2) is 0 Å². The van der Waals surface area contributed by atoms with E-state index in [1.165, 1.54) is 12.8 Å². The van der Waals surface area contributed by atoms with Crippen molar-refractivity contribution >= 4 is 21.8 Å². The van der Waals surface area contributed by atoms with Crippen molar-refractivity contribution in [2.24, 2.45) is 17.8 Å². The van der Waals surface area contributed by atoms with E-state index < -0.39 is 0 Å². The smallest absolute Gasteiger partial charge is 0.223 e. The molecule has 0 aromatic carbocycles. The van der Waals surface area contributed by atoms with Gasteiger partial charge < -0.3 is 5.32 Å². The van der Waals surface area contributed by atoms with Crippen LogP contribution in [0.25, 0.3) is 0 Å². The van der Waals surface area contributed by atoms with Gasteiger partial charge in [-0.2, -0.15) is 0 Å². The molecule has 0 bridgehead atoms. The van der Waals surface area contributed by atoms with Crippen molar-refractivity contribution in [1.29, 1.82) is 0 Å². The molecule has 0 saturated heterocycles. The quantitative estimate of drug-likeness (QED) is 0.770. The standard InChI is InChI=1S/C14H26BrNO/c1-10(2)13(8-9-15)16-14(17)12-6-4-11(3)5-7-12/h10-13H,4-9H2,1-3H3,(H,16,17). The van der Waals surface area contributed by atoms with E-state index in [0.717, 1.165) is 30.5 Å². The summed E-state index contributed by atoms with van der Waals surface area (Å²) in [5, 5.41) is 4.19. The molecule has 0 aromatic rings. The van der Waals surface area contributed by atoms with E-state index in [1.807, 2.05) is 0 Å². The number of halogens is 1. The summed E-state index contributed by atoms with van der Waals surface area (Å²) < 4.78 is 0. The summed E-state index contributed by atoms with van der Waals surface area (Å²) in [5.74, 6) is 1.88. The Labute approximate surface area is 114 Å². The molecule has 1 fully saturated rings. The highest BCUT2D eigenvalue weighted by molar-refractivity contribution is 9.09. The number of nitrogens with one attached hydrogen (secondary N) is 1. The number of amides is 1. The number of carbonyl (C=O) groups is 1. The zero-order valence-corrected chi connectivity index (χ0v) is 12.9. The zero-order chi connectivity index (χ0) is 12.8. The van der Waals surface area contributed by atoms with Crippen LogP contribution in [0.1, 0.15) is 52.9 Å². The summed E-state index contributed by atoms with van der Waals surface area (Å²) in [6, 6.07) is 0.321. The van der Waals surface area contributed by atoms with Gasteiger partial charge >= 0.3 is 0 Å². The highest BCUT2D eigenvalue weighted by Gasteiger charge is 2.26. The first-order valence-corrected chi connectivity index (χ1v) is 8.03. The second-order valence-corrected chi connectivity index (χ2v) is 6.59. The molecular formula is C14H26BrNO. The van der Waals surface area contributed by atoms with Crippen molar-refractivity contribution in [2.45, 2.75) is 58.9 Å². The predicted octanol–water partition coefficient (Wildman–Crippen LogP) is 3.74. The minimum Gasteiger partial charge on any atom is -0.353 e. The van der Waals surface area contributed by atoms with Gasteiger partial charge in [-0.1, -0.05) is 36.7 Å². The average molecular weight is 304 g/mol. The summed E-state index contributed by atoms with van der Waals surface area (Å²) >= 11 is 3.46. The summed E-state index contributed by atoms with van der Waals surface area (Å²) in [6.45, 7) is 6.64. The third-order valence-corrected chi connectivity index (χ3v) is 4.40. The van der Waals surface area contributed by atoms with E-state index in [-0.39, 0.29) is 11.8 Å². The molecule has 0 aliphatic heterocycles. The van der Waals surface area contributed by atoms with Gasteiger partial charge in [0.2, 0.25) is 5.91 Å². The number of rotatable bonds is 5. The average Bonchev–Trinajstić information content (AvgIpc) is 2.29. The number of hydrogen-bond donors (Lipinski definition) is 1. The molecule has 1 atom stereocenters. The minimum atomic E-state index is 0.266. The maximum atomic E-state index is 12.2. The summed E-state index contributed by atoms with van der Waals surface area (Å²) in [4.78, 5) is 12.2. The van der Waals surface area contributed by atoms with E-state index in [4.69, 9.17) is 0 Å². The van der Waals surface area contributed by atoms with Gasteiger partial charge in [-0.25, -0.2) is 0 Å². The van der Waals surface area contributed by atoms with Crippen molar-refractivity contribution in [3.8, 4) is 0 Å². The highest BCUT2D eigenvalue weighted by atomic mass is 79.9. The van der Waals surface area contributed by atoms with Crippen molar-refractivity contribution < 1.29 is 4.79 Å². The van der Waals surface area contributed by atoms with Gasteiger partial charge in [-0.05, 0) is 43.9 Å². The normalized spacial score (nSPS) is 26.9. The SMILES string of the molecule is CC1CCC(C(=O)NC(CCBr)C(C)C)CC1. The first-order valence-electron chi connectivity index (χ1n) is 6.91. The van der Waals surface area contributed by atoms with Gasteiger partial charge in [0.05, 0.1) is 0 Å². The molecule has 1 amide bonds. The number of hydrogen-bond acceptors (Lipinski definition) is 1. The number of carbonyl (C=O) groups excluding carboxylic acids is 1. The molecule has 17 heavy (non-hydrogen) atoms. The Bertz CT molecular complexity index is 234. The van der Waals surface area contributed by atoms with Crippen molar-refractivity contribution in [3.63, 3.8) is 0 Å². The van der Waals surface area contributed by atoms with E-state index in [0.29, 0.717) is 12.0 Å². The Hall–Kier alpha value is -0.0500. The molecule has 0 spiro atoms. The monoisotopic (exact) mass is 303 g/mol. The Balaban J connectivity index is 2.41. The molecule has 100 valence electrons. The third kappa shape index (κ3) is 4.99. The molecular weight excluding hydrogens is 278 g/mol. The van der Waals surface area contributed by atoms with Crippen LogP contribution in [-0.4, -0.2) is 17.3 Å². The molecule has 0 aromatic heterocycles. The van der Waals surface area contributed by atoms with Crippen LogP contribution in [0.3, 0.4) is 0 Å². The first-order chi connectivity index (χ1) is 8.04. The van der Waals surface area contributed by atoms with Crippen molar-refractivity contribution in [2.75, 3.05) is 5.33 Å². The van der Waals surface area contributed by atoms with E-state index in [2.05, 4.69) is 42.0 Å². The lowest BCUT2D eigenvalue weighted by Crippen LogP contribution is -2.42. The molecule has 1 saturated carbocycles. The fourth-order valence-corrected chi connectivity index (χ4v) is 3.01. The third-order valence-electron chi connectivity index (χ3n) is 3.94. The van der Waals surface area contributed by atoms with Crippen molar-refractivity contribution in [1.82, 2.24) is 5.32 Å². The molecule has 1 rings (SSSR count). The molecule has 0 heterocycles. The van der Waals surface area contributed by atoms with E-state index in [1.54, 1.807) is 0 Å². The molecule has 1 N–H and O–H groups in total. The van der Waals surface area contributed by atoms with Gasteiger partial charge in [-0.3, -0.25) is 4.79 Å². The van der Waals surface area contributed by atoms with Gasteiger partial charge in [-0.15, -0.1) is 0 Å². The lowest BCUT2D eigenvalue weighted by Gasteiger charge is -2.28. The van der Waals surface area contributed by atoms with Crippen LogP contribution in [0.4, 0.5) is 0 Å². The fourth-order valence-electron chi connectivity index (χ4n) is 2.51. The van der Waals surface area contributed by atoms with Gasteiger partial charge in [0.25, 0.3) is 0 Å². The predicted molar refractivity (Wildman–Crippen MR) is 76.3 cm³/mol.